The minimum absolute atomic E-state index is 0.0235. The minimum atomic E-state index is -4.91. The Labute approximate surface area is 83.8 Å². The number of rotatable bonds is 2. The molecule has 3 atom stereocenters. The average molecular weight is 222 g/mol. The molecule has 2 aliphatic heterocycles. The molecule has 15 heavy (non-hydrogen) atoms. The van der Waals surface area contributed by atoms with Gasteiger partial charge in [0.1, 0.15) is 0 Å². The van der Waals surface area contributed by atoms with Crippen LogP contribution in [0.15, 0.2) is 12.2 Å². The van der Waals surface area contributed by atoms with Gasteiger partial charge in [0, 0.05) is 5.92 Å². The lowest BCUT2D eigenvalue weighted by atomic mass is 9.95. The SMILES string of the molecule is O=C(OCC1CC2C=CC1O2)C(F)(F)F. The van der Waals surface area contributed by atoms with Crippen LogP contribution in [0.4, 0.5) is 13.2 Å². The van der Waals surface area contributed by atoms with Crippen molar-refractivity contribution < 1.29 is 27.4 Å². The molecule has 1 saturated heterocycles. The van der Waals surface area contributed by atoms with E-state index in [0.29, 0.717) is 6.42 Å². The normalized spacial score (nSPS) is 33.4. The highest BCUT2D eigenvalue weighted by atomic mass is 19.4. The molecule has 0 aromatic carbocycles. The van der Waals surface area contributed by atoms with Crippen molar-refractivity contribution in [3.05, 3.63) is 12.2 Å². The van der Waals surface area contributed by atoms with Gasteiger partial charge in [0.2, 0.25) is 0 Å². The van der Waals surface area contributed by atoms with Gasteiger partial charge in [0.15, 0.2) is 0 Å². The average Bonchev–Trinajstić information content (AvgIpc) is 2.73. The molecular weight excluding hydrogens is 213 g/mol. The first-order valence-electron chi connectivity index (χ1n) is 4.54. The number of alkyl halides is 3. The number of fused-ring (bicyclic) bond motifs is 2. The lowest BCUT2D eigenvalue weighted by molar-refractivity contribution is -0.201. The zero-order valence-electron chi connectivity index (χ0n) is 7.66. The smallest absolute Gasteiger partial charge is 0.459 e. The molecule has 2 heterocycles. The van der Waals surface area contributed by atoms with Gasteiger partial charge in [-0.3, -0.25) is 0 Å². The van der Waals surface area contributed by atoms with Gasteiger partial charge >= 0.3 is 12.1 Å². The van der Waals surface area contributed by atoms with Gasteiger partial charge < -0.3 is 9.47 Å². The number of halogens is 3. The summed E-state index contributed by atoms with van der Waals surface area (Å²) in [5, 5.41) is 0. The van der Waals surface area contributed by atoms with Crippen molar-refractivity contribution in [3.63, 3.8) is 0 Å². The molecule has 0 aromatic rings. The summed E-state index contributed by atoms with van der Waals surface area (Å²) in [5.74, 6) is -2.28. The minimum Gasteiger partial charge on any atom is -0.459 e. The first-order valence-corrected chi connectivity index (χ1v) is 4.54. The third-order valence-corrected chi connectivity index (χ3v) is 2.51. The van der Waals surface area contributed by atoms with Gasteiger partial charge in [-0.25, -0.2) is 4.79 Å². The summed E-state index contributed by atoms with van der Waals surface area (Å²) in [6.07, 6.45) is -0.853. The lowest BCUT2D eigenvalue weighted by Crippen LogP contribution is -2.29. The van der Waals surface area contributed by atoms with E-state index in [9.17, 15) is 18.0 Å². The Morgan fingerprint density at radius 2 is 2.20 bits per heavy atom. The van der Waals surface area contributed by atoms with Crippen LogP contribution in [-0.2, 0) is 14.3 Å². The second-order valence-electron chi connectivity index (χ2n) is 3.62. The van der Waals surface area contributed by atoms with Crippen molar-refractivity contribution in [2.45, 2.75) is 24.8 Å². The predicted octanol–water partition coefficient (Wildman–Crippen LogP) is 1.44. The lowest BCUT2D eigenvalue weighted by Gasteiger charge is -2.15. The molecule has 0 aliphatic carbocycles. The van der Waals surface area contributed by atoms with Crippen molar-refractivity contribution in [1.82, 2.24) is 0 Å². The Kier molecular flexibility index (Phi) is 2.46. The number of esters is 1. The molecule has 2 rings (SSSR count). The van der Waals surface area contributed by atoms with Crippen LogP contribution in [-0.4, -0.2) is 31.0 Å². The van der Waals surface area contributed by atoms with Gasteiger partial charge in [-0.05, 0) is 6.42 Å². The Morgan fingerprint density at radius 3 is 2.67 bits per heavy atom. The third kappa shape index (κ3) is 2.14. The van der Waals surface area contributed by atoms with E-state index in [4.69, 9.17) is 4.74 Å². The Morgan fingerprint density at radius 1 is 1.47 bits per heavy atom. The fourth-order valence-electron chi connectivity index (χ4n) is 1.79. The second kappa shape index (κ2) is 3.52. The maximum absolute atomic E-state index is 11.8. The van der Waals surface area contributed by atoms with Gasteiger partial charge in [-0.1, -0.05) is 12.2 Å². The van der Waals surface area contributed by atoms with E-state index in [1.165, 1.54) is 0 Å². The topological polar surface area (TPSA) is 35.5 Å². The van der Waals surface area contributed by atoms with E-state index in [0.717, 1.165) is 0 Å². The maximum atomic E-state index is 11.8. The van der Waals surface area contributed by atoms with Crippen molar-refractivity contribution in [2.24, 2.45) is 5.92 Å². The molecular formula is C9H9F3O3. The molecule has 1 fully saturated rings. The van der Waals surface area contributed by atoms with Crippen LogP contribution in [0.2, 0.25) is 0 Å². The highest BCUT2D eigenvalue weighted by molar-refractivity contribution is 5.75. The van der Waals surface area contributed by atoms with E-state index in [2.05, 4.69) is 4.74 Å². The molecule has 3 unspecified atom stereocenters. The van der Waals surface area contributed by atoms with Crippen LogP contribution in [0.1, 0.15) is 6.42 Å². The second-order valence-corrected chi connectivity index (χ2v) is 3.62. The zero-order valence-corrected chi connectivity index (χ0v) is 7.66. The summed E-state index contributed by atoms with van der Waals surface area (Å²) in [5.41, 5.74) is 0. The largest absolute Gasteiger partial charge is 0.490 e. The molecule has 0 N–H and O–H groups in total. The summed E-state index contributed by atoms with van der Waals surface area (Å²) in [4.78, 5) is 10.4. The molecule has 3 nitrogen and oxygen atoms in total. The summed E-state index contributed by atoms with van der Waals surface area (Å²) in [6, 6.07) is 0. The van der Waals surface area contributed by atoms with Crippen LogP contribution in [0.3, 0.4) is 0 Å². The first kappa shape index (κ1) is 10.5. The van der Waals surface area contributed by atoms with Gasteiger partial charge in [-0.2, -0.15) is 13.2 Å². The molecule has 84 valence electrons. The fraction of sp³-hybridized carbons (Fsp3) is 0.667. The van der Waals surface area contributed by atoms with Crippen molar-refractivity contribution in [2.75, 3.05) is 6.61 Å². The highest BCUT2D eigenvalue weighted by Gasteiger charge is 2.43. The van der Waals surface area contributed by atoms with E-state index in [1.807, 2.05) is 6.08 Å². The molecule has 2 bridgehead atoms. The van der Waals surface area contributed by atoms with Crippen molar-refractivity contribution >= 4 is 5.97 Å². The summed E-state index contributed by atoms with van der Waals surface area (Å²) in [6.45, 7) is -0.232. The summed E-state index contributed by atoms with van der Waals surface area (Å²) >= 11 is 0. The van der Waals surface area contributed by atoms with E-state index < -0.39 is 12.1 Å². The first-order chi connectivity index (χ1) is 6.97. The van der Waals surface area contributed by atoms with Gasteiger partial charge in [0.05, 0.1) is 18.8 Å². The van der Waals surface area contributed by atoms with Crippen LogP contribution in [0.5, 0.6) is 0 Å². The van der Waals surface area contributed by atoms with E-state index in [1.54, 1.807) is 6.08 Å². The van der Waals surface area contributed by atoms with Crippen molar-refractivity contribution in [1.29, 1.82) is 0 Å². The molecule has 0 saturated carbocycles. The molecule has 0 amide bonds. The molecule has 2 aliphatic rings. The molecule has 0 spiro atoms. The monoisotopic (exact) mass is 222 g/mol. The Bertz CT molecular complexity index is 297. The Balaban J connectivity index is 1.80. The fourth-order valence-corrected chi connectivity index (χ4v) is 1.79. The van der Waals surface area contributed by atoms with E-state index in [-0.39, 0.29) is 24.7 Å². The third-order valence-electron chi connectivity index (χ3n) is 2.51. The zero-order chi connectivity index (χ0) is 11.1. The van der Waals surface area contributed by atoms with E-state index >= 15 is 0 Å². The summed E-state index contributed by atoms with van der Waals surface area (Å²) < 4.78 is 44.9. The molecule has 6 heteroatoms. The van der Waals surface area contributed by atoms with Crippen LogP contribution in [0, 0.1) is 5.92 Å². The molecule has 0 aromatic heterocycles. The van der Waals surface area contributed by atoms with Gasteiger partial charge in [-0.15, -0.1) is 0 Å². The Hall–Kier alpha value is -1.04. The summed E-state index contributed by atoms with van der Waals surface area (Å²) in [7, 11) is 0. The number of hydrogen-bond acceptors (Lipinski definition) is 3. The number of carbonyl (C=O) groups is 1. The predicted molar refractivity (Wildman–Crippen MR) is 42.9 cm³/mol. The number of ether oxygens (including phenoxy) is 2. The van der Waals surface area contributed by atoms with Crippen molar-refractivity contribution in [3.8, 4) is 0 Å². The standard InChI is InChI=1S/C9H9F3O3/c10-9(11,12)8(13)14-4-5-3-6-1-2-7(5)15-6/h1-2,5-7H,3-4H2. The number of carbonyl (C=O) groups excluding carboxylic acids is 1. The quantitative estimate of drug-likeness (QED) is 0.523. The van der Waals surface area contributed by atoms with Gasteiger partial charge in [0.25, 0.3) is 0 Å². The van der Waals surface area contributed by atoms with Crippen LogP contribution < -0.4 is 0 Å². The number of hydrogen-bond donors (Lipinski definition) is 0. The van der Waals surface area contributed by atoms with Crippen LogP contribution >= 0.6 is 0 Å². The van der Waals surface area contributed by atoms with Crippen LogP contribution in [0.25, 0.3) is 0 Å². The maximum Gasteiger partial charge on any atom is 0.490 e. The molecule has 0 radical (unpaired) electrons. The highest BCUT2D eigenvalue weighted by Crippen LogP contribution is 2.34.